The van der Waals surface area contributed by atoms with Crippen LogP contribution in [-0.4, -0.2) is 11.2 Å². The molecular weight excluding hydrogens is 256 g/mol. The van der Waals surface area contributed by atoms with Gasteiger partial charge in [-0.3, -0.25) is 0 Å². The van der Waals surface area contributed by atoms with Gasteiger partial charge in [0.25, 0.3) is 0 Å². The first-order chi connectivity index (χ1) is 9.65. The summed E-state index contributed by atoms with van der Waals surface area (Å²) in [6, 6.07) is 4.59. The fourth-order valence-corrected chi connectivity index (χ4v) is 3.14. The van der Waals surface area contributed by atoms with Crippen LogP contribution in [0.2, 0.25) is 0 Å². The van der Waals surface area contributed by atoms with Gasteiger partial charge in [-0.2, -0.15) is 0 Å². The summed E-state index contributed by atoms with van der Waals surface area (Å²) in [5.74, 6) is 0.611. The molecule has 0 aliphatic carbocycles. The molecular formula is C20H34O. The van der Waals surface area contributed by atoms with Crippen LogP contribution in [0.15, 0.2) is 12.1 Å². The summed E-state index contributed by atoms with van der Waals surface area (Å²) in [7, 11) is 0. The highest BCUT2D eigenvalue weighted by Gasteiger charge is 2.18. The van der Waals surface area contributed by atoms with Crippen LogP contribution in [0.3, 0.4) is 0 Å². The van der Waals surface area contributed by atoms with E-state index in [-0.39, 0.29) is 11.5 Å². The monoisotopic (exact) mass is 290 g/mol. The van der Waals surface area contributed by atoms with Gasteiger partial charge in [-0.15, -0.1) is 0 Å². The summed E-state index contributed by atoms with van der Waals surface area (Å²) in [5.41, 5.74) is 5.54. The zero-order chi connectivity index (χ0) is 16.2. The zero-order valence-corrected chi connectivity index (χ0v) is 15.1. The van der Waals surface area contributed by atoms with Crippen molar-refractivity contribution in [3.8, 4) is 0 Å². The Balaban J connectivity index is 2.85. The smallest absolute Gasteiger partial charge is 0.0583 e. The fraction of sp³-hybridized carbons (Fsp3) is 0.700. The van der Waals surface area contributed by atoms with E-state index in [1.807, 2.05) is 0 Å². The third-order valence-electron chi connectivity index (χ3n) is 4.46. The Morgan fingerprint density at radius 2 is 1.62 bits per heavy atom. The number of aliphatic hydroxyl groups is 1. The highest BCUT2D eigenvalue weighted by molar-refractivity contribution is 5.40. The maximum Gasteiger partial charge on any atom is 0.0583 e. The minimum Gasteiger partial charge on any atom is -0.393 e. The molecule has 21 heavy (non-hydrogen) atoms. The average molecular weight is 290 g/mol. The number of benzene rings is 1. The molecule has 0 spiro atoms. The van der Waals surface area contributed by atoms with Gasteiger partial charge in [0.15, 0.2) is 0 Å². The van der Waals surface area contributed by atoms with Crippen LogP contribution in [0.4, 0.5) is 0 Å². The minimum atomic E-state index is -0.218. The number of rotatable bonds is 6. The number of aliphatic hydroxyl groups excluding tert-OH is 1. The fourth-order valence-electron chi connectivity index (χ4n) is 3.14. The third-order valence-corrected chi connectivity index (χ3v) is 4.46. The van der Waals surface area contributed by atoms with Crippen LogP contribution in [-0.2, 0) is 11.8 Å². The molecule has 1 heteroatoms. The Kier molecular flexibility index (Phi) is 6.46. The van der Waals surface area contributed by atoms with Crippen LogP contribution in [0, 0.1) is 19.8 Å². The van der Waals surface area contributed by atoms with Crippen molar-refractivity contribution in [1.82, 2.24) is 0 Å². The molecule has 1 N–H and O–H groups in total. The second-order valence-corrected chi connectivity index (χ2v) is 7.83. The first kappa shape index (κ1) is 18.2. The quantitative estimate of drug-likeness (QED) is 0.750. The Bertz CT molecular complexity index is 430. The maximum absolute atomic E-state index is 10.4. The average Bonchev–Trinajstić information content (AvgIpc) is 2.32. The molecule has 2 atom stereocenters. The Morgan fingerprint density at radius 1 is 1.10 bits per heavy atom. The Morgan fingerprint density at radius 3 is 2.05 bits per heavy atom. The maximum atomic E-state index is 10.4. The van der Waals surface area contributed by atoms with Crippen molar-refractivity contribution >= 4 is 0 Å². The van der Waals surface area contributed by atoms with E-state index in [1.165, 1.54) is 35.1 Å². The molecule has 1 rings (SSSR count). The Labute approximate surface area is 131 Å². The minimum absolute atomic E-state index is 0.183. The second kappa shape index (κ2) is 7.45. The van der Waals surface area contributed by atoms with Gasteiger partial charge in [0.2, 0.25) is 0 Å². The third kappa shape index (κ3) is 5.47. The standard InChI is InChI=1S/C20H34O/c1-8-9-14(2)10-18(21)13-19-15(3)11-17(12-16(19)4)20(5,6)7/h11-12,14,18,21H,8-10,13H2,1-7H3. The highest BCUT2D eigenvalue weighted by atomic mass is 16.3. The van der Waals surface area contributed by atoms with Gasteiger partial charge in [-0.1, -0.05) is 59.6 Å². The SMILES string of the molecule is CCCC(C)CC(O)Cc1c(C)cc(C(C)(C)C)cc1C. The van der Waals surface area contributed by atoms with E-state index < -0.39 is 0 Å². The zero-order valence-electron chi connectivity index (χ0n) is 15.1. The summed E-state index contributed by atoms with van der Waals surface area (Å²) < 4.78 is 0. The lowest BCUT2D eigenvalue weighted by atomic mass is 9.82. The lowest BCUT2D eigenvalue weighted by molar-refractivity contribution is 0.143. The molecule has 0 fully saturated rings. The van der Waals surface area contributed by atoms with E-state index in [2.05, 4.69) is 60.6 Å². The molecule has 0 radical (unpaired) electrons. The molecule has 0 bridgehead atoms. The van der Waals surface area contributed by atoms with Crippen molar-refractivity contribution < 1.29 is 5.11 Å². The number of aryl methyl sites for hydroxylation is 2. The van der Waals surface area contributed by atoms with Crippen LogP contribution in [0.5, 0.6) is 0 Å². The normalized spacial score (nSPS) is 15.0. The van der Waals surface area contributed by atoms with Gasteiger partial charge in [0, 0.05) is 0 Å². The van der Waals surface area contributed by atoms with Crippen LogP contribution >= 0.6 is 0 Å². The molecule has 2 unspecified atom stereocenters. The van der Waals surface area contributed by atoms with Crippen molar-refractivity contribution in [2.24, 2.45) is 5.92 Å². The predicted molar refractivity (Wildman–Crippen MR) is 93.0 cm³/mol. The lowest BCUT2D eigenvalue weighted by Crippen LogP contribution is -2.17. The molecule has 1 nitrogen and oxygen atoms in total. The van der Waals surface area contributed by atoms with Crippen molar-refractivity contribution in [1.29, 1.82) is 0 Å². The van der Waals surface area contributed by atoms with Crippen LogP contribution < -0.4 is 0 Å². The van der Waals surface area contributed by atoms with E-state index in [4.69, 9.17) is 0 Å². The van der Waals surface area contributed by atoms with E-state index in [1.54, 1.807) is 0 Å². The summed E-state index contributed by atoms with van der Waals surface area (Å²) in [4.78, 5) is 0. The van der Waals surface area contributed by atoms with E-state index in [9.17, 15) is 5.11 Å². The molecule has 0 heterocycles. The molecule has 0 aromatic heterocycles. The summed E-state index contributed by atoms with van der Waals surface area (Å²) in [6.45, 7) is 15.6. The molecule has 1 aromatic rings. The summed E-state index contributed by atoms with van der Waals surface area (Å²) in [6.07, 6.45) is 3.89. The number of hydrogen-bond donors (Lipinski definition) is 1. The first-order valence-electron chi connectivity index (χ1n) is 8.43. The Hall–Kier alpha value is -0.820. The first-order valence-corrected chi connectivity index (χ1v) is 8.43. The lowest BCUT2D eigenvalue weighted by Gasteiger charge is -2.24. The molecule has 0 saturated heterocycles. The molecule has 0 aliphatic heterocycles. The van der Waals surface area contributed by atoms with Gasteiger partial charge in [0.1, 0.15) is 0 Å². The largest absolute Gasteiger partial charge is 0.393 e. The van der Waals surface area contributed by atoms with Gasteiger partial charge < -0.3 is 5.11 Å². The van der Waals surface area contributed by atoms with Crippen molar-refractivity contribution in [3.05, 3.63) is 34.4 Å². The predicted octanol–water partition coefficient (Wildman–Crippen LogP) is 5.33. The summed E-state index contributed by atoms with van der Waals surface area (Å²) in [5, 5.41) is 10.4. The van der Waals surface area contributed by atoms with E-state index in [0.29, 0.717) is 5.92 Å². The van der Waals surface area contributed by atoms with Crippen molar-refractivity contribution in [2.75, 3.05) is 0 Å². The summed E-state index contributed by atoms with van der Waals surface area (Å²) >= 11 is 0. The van der Waals surface area contributed by atoms with Gasteiger partial charge in [0.05, 0.1) is 6.10 Å². The van der Waals surface area contributed by atoms with Gasteiger partial charge >= 0.3 is 0 Å². The van der Waals surface area contributed by atoms with E-state index >= 15 is 0 Å². The van der Waals surface area contributed by atoms with E-state index in [0.717, 1.165) is 12.8 Å². The van der Waals surface area contributed by atoms with Gasteiger partial charge in [-0.25, -0.2) is 0 Å². The van der Waals surface area contributed by atoms with Crippen molar-refractivity contribution in [2.45, 2.75) is 85.7 Å². The van der Waals surface area contributed by atoms with Crippen LogP contribution in [0.1, 0.15) is 76.1 Å². The molecule has 120 valence electrons. The molecule has 0 aliphatic rings. The van der Waals surface area contributed by atoms with Gasteiger partial charge in [-0.05, 0) is 60.3 Å². The molecule has 0 amide bonds. The van der Waals surface area contributed by atoms with Crippen molar-refractivity contribution in [3.63, 3.8) is 0 Å². The topological polar surface area (TPSA) is 20.2 Å². The second-order valence-electron chi connectivity index (χ2n) is 7.83. The highest BCUT2D eigenvalue weighted by Crippen LogP contribution is 2.28. The molecule has 0 saturated carbocycles. The molecule has 1 aromatic carbocycles. The van der Waals surface area contributed by atoms with Crippen LogP contribution in [0.25, 0.3) is 0 Å². The number of hydrogen-bond acceptors (Lipinski definition) is 1.